The minimum atomic E-state index is -0.257. The van der Waals surface area contributed by atoms with E-state index in [4.69, 9.17) is 9.47 Å². The summed E-state index contributed by atoms with van der Waals surface area (Å²) >= 11 is 0. The highest BCUT2D eigenvalue weighted by Gasteiger charge is 2.04. The summed E-state index contributed by atoms with van der Waals surface area (Å²) in [4.78, 5) is 23.8. The van der Waals surface area contributed by atoms with Crippen molar-refractivity contribution in [2.24, 2.45) is 0 Å². The molecule has 0 heterocycles. The van der Waals surface area contributed by atoms with Crippen LogP contribution in [0.2, 0.25) is 0 Å². The van der Waals surface area contributed by atoms with Crippen LogP contribution >= 0.6 is 0 Å². The van der Waals surface area contributed by atoms with E-state index in [1.165, 1.54) is 173 Å². The first kappa shape index (κ1) is 45.7. The van der Waals surface area contributed by atoms with Crippen molar-refractivity contribution < 1.29 is 19.1 Å². The predicted molar refractivity (Wildman–Crippen MR) is 203 cm³/mol. The van der Waals surface area contributed by atoms with Crippen molar-refractivity contribution >= 4 is 12.1 Å². The Hall–Kier alpha value is -1.26. The molecule has 0 aliphatic rings. The molecule has 0 aromatic heterocycles. The van der Waals surface area contributed by atoms with E-state index in [-0.39, 0.29) is 12.1 Å². The molecule has 0 aliphatic heterocycles. The number of ether oxygens (including phenoxy) is 2. The first-order chi connectivity index (χ1) is 23.2. The number of carbonyl (C=O) groups is 2. The van der Waals surface area contributed by atoms with Crippen LogP contribution in [0.3, 0.4) is 0 Å². The number of unbranched alkanes of at least 4 members (excludes halogenated alkanes) is 31. The molecule has 0 bridgehead atoms. The second kappa shape index (κ2) is 40.9. The predicted octanol–water partition coefficient (Wildman–Crippen LogP) is 13.9. The molecule has 1 N–H and O–H groups in total. The SMILES string of the molecule is CCCCCCCCCCCCCCCCOC(=O)NCCCCCCCCCCC(=O)OCCCCCCCCCCCCCC. The van der Waals surface area contributed by atoms with E-state index in [0.29, 0.717) is 26.2 Å². The standard InChI is InChI=1S/C42H83NO4/c1-3-5-7-9-11-13-15-17-18-20-24-28-32-36-40-47-42(45)43-38-34-30-26-22-21-25-29-33-37-41(44)46-39-35-31-27-23-19-16-14-12-10-8-6-4-2/h3-40H2,1-2H3,(H,43,45). The van der Waals surface area contributed by atoms with Crippen LogP contribution in [0.15, 0.2) is 0 Å². The number of nitrogens with one attached hydrogen (secondary N) is 1. The maximum atomic E-state index is 11.9. The molecule has 0 spiro atoms. The maximum Gasteiger partial charge on any atom is 0.407 e. The van der Waals surface area contributed by atoms with Gasteiger partial charge in [-0.25, -0.2) is 4.79 Å². The molecular formula is C42H83NO4. The van der Waals surface area contributed by atoms with Gasteiger partial charge in [-0.2, -0.15) is 0 Å². The second-order valence-corrected chi connectivity index (χ2v) is 14.3. The minimum absolute atomic E-state index is 0.0151. The number of alkyl carbamates (subject to hydrolysis) is 1. The van der Waals surface area contributed by atoms with E-state index in [2.05, 4.69) is 19.2 Å². The minimum Gasteiger partial charge on any atom is -0.466 e. The lowest BCUT2D eigenvalue weighted by molar-refractivity contribution is -0.143. The van der Waals surface area contributed by atoms with Gasteiger partial charge in [-0.1, -0.05) is 206 Å². The number of amides is 1. The average molecular weight is 666 g/mol. The number of hydrogen-bond acceptors (Lipinski definition) is 4. The molecule has 0 aromatic rings. The molecule has 0 atom stereocenters. The molecule has 0 saturated carbocycles. The highest BCUT2D eigenvalue weighted by atomic mass is 16.5. The molecule has 0 aromatic carbocycles. The van der Waals surface area contributed by atoms with Crippen molar-refractivity contribution in [3.63, 3.8) is 0 Å². The molecule has 5 nitrogen and oxygen atoms in total. The topological polar surface area (TPSA) is 64.6 Å². The highest BCUT2D eigenvalue weighted by Crippen LogP contribution is 2.14. The second-order valence-electron chi connectivity index (χ2n) is 14.3. The van der Waals surface area contributed by atoms with Crippen LogP contribution in [0.1, 0.15) is 239 Å². The van der Waals surface area contributed by atoms with Gasteiger partial charge in [0.05, 0.1) is 13.2 Å². The molecular weight excluding hydrogens is 582 g/mol. The molecule has 0 fully saturated rings. The van der Waals surface area contributed by atoms with Crippen LogP contribution in [0, 0.1) is 0 Å². The molecule has 1 amide bonds. The van der Waals surface area contributed by atoms with Crippen LogP contribution in [0.4, 0.5) is 4.79 Å². The Kier molecular flexibility index (Phi) is 39.8. The van der Waals surface area contributed by atoms with Crippen molar-refractivity contribution in [2.45, 2.75) is 239 Å². The van der Waals surface area contributed by atoms with Gasteiger partial charge in [-0.3, -0.25) is 4.79 Å². The lowest BCUT2D eigenvalue weighted by Gasteiger charge is -2.07. The van der Waals surface area contributed by atoms with Gasteiger partial charge in [0.15, 0.2) is 0 Å². The zero-order valence-electron chi connectivity index (χ0n) is 32.0. The summed E-state index contributed by atoms with van der Waals surface area (Å²) in [5.41, 5.74) is 0. The van der Waals surface area contributed by atoms with Gasteiger partial charge >= 0.3 is 12.1 Å². The van der Waals surface area contributed by atoms with E-state index in [0.717, 1.165) is 44.9 Å². The third-order valence-electron chi connectivity index (χ3n) is 9.57. The van der Waals surface area contributed by atoms with Gasteiger partial charge < -0.3 is 14.8 Å². The van der Waals surface area contributed by atoms with Crippen LogP contribution in [-0.2, 0) is 14.3 Å². The van der Waals surface area contributed by atoms with Crippen molar-refractivity contribution in [2.75, 3.05) is 19.8 Å². The van der Waals surface area contributed by atoms with Gasteiger partial charge in [-0.05, 0) is 25.7 Å². The van der Waals surface area contributed by atoms with Crippen LogP contribution in [0.5, 0.6) is 0 Å². The molecule has 0 rings (SSSR count). The van der Waals surface area contributed by atoms with Crippen LogP contribution < -0.4 is 5.32 Å². The third-order valence-corrected chi connectivity index (χ3v) is 9.57. The summed E-state index contributed by atoms with van der Waals surface area (Å²) < 4.78 is 10.8. The average Bonchev–Trinajstić information content (AvgIpc) is 3.07. The molecule has 0 aliphatic carbocycles. The summed E-state index contributed by atoms with van der Waals surface area (Å²) in [7, 11) is 0. The normalized spacial score (nSPS) is 11.2. The van der Waals surface area contributed by atoms with Gasteiger partial charge in [0.25, 0.3) is 0 Å². The highest BCUT2D eigenvalue weighted by molar-refractivity contribution is 5.69. The maximum absolute atomic E-state index is 11.9. The Morgan fingerprint density at radius 2 is 0.660 bits per heavy atom. The van der Waals surface area contributed by atoms with Crippen molar-refractivity contribution in [1.82, 2.24) is 5.32 Å². The Labute approximate surface area is 294 Å². The van der Waals surface area contributed by atoms with E-state index >= 15 is 0 Å². The Balaban J connectivity index is 3.23. The molecule has 5 heteroatoms. The lowest BCUT2D eigenvalue weighted by atomic mass is 10.0. The van der Waals surface area contributed by atoms with Crippen LogP contribution in [0.25, 0.3) is 0 Å². The van der Waals surface area contributed by atoms with Crippen LogP contribution in [-0.4, -0.2) is 31.8 Å². The lowest BCUT2D eigenvalue weighted by Crippen LogP contribution is -2.25. The summed E-state index contributed by atoms with van der Waals surface area (Å²) in [6.45, 7) is 6.40. The van der Waals surface area contributed by atoms with Gasteiger partial charge in [0.1, 0.15) is 0 Å². The molecule has 47 heavy (non-hydrogen) atoms. The first-order valence-corrected chi connectivity index (χ1v) is 21.3. The fourth-order valence-electron chi connectivity index (χ4n) is 6.36. The van der Waals surface area contributed by atoms with E-state index in [1.54, 1.807) is 0 Å². The number of hydrogen-bond donors (Lipinski definition) is 1. The summed E-state index contributed by atoms with van der Waals surface area (Å²) in [6.07, 6.45) is 44.0. The monoisotopic (exact) mass is 666 g/mol. The van der Waals surface area contributed by atoms with Crippen molar-refractivity contribution in [3.8, 4) is 0 Å². The Morgan fingerprint density at radius 3 is 1.04 bits per heavy atom. The van der Waals surface area contributed by atoms with Crippen molar-refractivity contribution in [3.05, 3.63) is 0 Å². The largest absolute Gasteiger partial charge is 0.466 e. The molecule has 0 unspecified atom stereocenters. The quantitative estimate of drug-likeness (QED) is 0.0524. The fourth-order valence-corrected chi connectivity index (χ4v) is 6.36. The fraction of sp³-hybridized carbons (Fsp3) is 0.952. The van der Waals surface area contributed by atoms with E-state index in [1.807, 2.05) is 0 Å². The Morgan fingerprint density at radius 1 is 0.362 bits per heavy atom. The van der Waals surface area contributed by atoms with E-state index in [9.17, 15) is 9.59 Å². The summed E-state index contributed by atoms with van der Waals surface area (Å²) in [5, 5.41) is 2.90. The van der Waals surface area contributed by atoms with Gasteiger partial charge in [0.2, 0.25) is 0 Å². The molecule has 0 saturated heterocycles. The summed E-state index contributed by atoms with van der Waals surface area (Å²) in [6, 6.07) is 0. The smallest absolute Gasteiger partial charge is 0.407 e. The first-order valence-electron chi connectivity index (χ1n) is 21.3. The van der Waals surface area contributed by atoms with Gasteiger partial charge in [-0.15, -0.1) is 0 Å². The Bertz CT molecular complexity index is 626. The number of rotatable bonds is 39. The number of esters is 1. The molecule has 280 valence electrons. The zero-order valence-corrected chi connectivity index (χ0v) is 32.0. The number of carbonyl (C=O) groups excluding carboxylic acids is 2. The van der Waals surface area contributed by atoms with Gasteiger partial charge in [0, 0.05) is 13.0 Å². The summed E-state index contributed by atoms with van der Waals surface area (Å²) in [5.74, 6) is -0.0151. The van der Waals surface area contributed by atoms with Crippen molar-refractivity contribution in [1.29, 1.82) is 0 Å². The third kappa shape index (κ3) is 40.8. The zero-order chi connectivity index (χ0) is 34.1. The molecule has 0 radical (unpaired) electrons. The van der Waals surface area contributed by atoms with E-state index < -0.39 is 0 Å².